The van der Waals surface area contributed by atoms with Crippen LogP contribution in [0.5, 0.6) is 0 Å². The zero-order valence-corrected chi connectivity index (χ0v) is 9.79. The van der Waals surface area contributed by atoms with Gasteiger partial charge in [0.1, 0.15) is 0 Å². The van der Waals surface area contributed by atoms with Crippen molar-refractivity contribution in [3.05, 3.63) is 57.8 Å². The number of allylic oxidation sites excluding steroid dienone is 1. The van der Waals surface area contributed by atoms with Crippen molar-refractivity contribution >= 4 is 23.0 Å². The fourth-order valence-electron chi connectivity index (χ4n) is 1.46. The Bertz CT molecular complexity index is 544. The molecular weight excluding hydrogens is 214 g/mol. The van der Waals surface area contributed by atoms with Gasteiger partial charge in [-0.1, -0.05) is 30.3 Å². The molecule has 0 aliphatic heterocycles. The van der Waals surface area contributed by atoms with Gasteiger partial charge in [-0.2, -0.15) is 5.26 Å². The molecule has 0 N–H and O–H groups in total. The molecule has 0 aliphatic carbocycles. The van der Waals surface area contributed by atoms with Gasteiger partial charge in [0, 0.05) is 4.88 Å². The first-order valence-electron chi connectivity index (χ1n) is 5.02. The minimum absolute atomic E-state index is 0.714. The van der Waals surface area contributed by atoms with Crippen LogP contribution in [0.3, 0.4) is 0 Å². The molecule has 1 nitrogen and oxygen atoms in total. The first-order chi connectivity index (χ1) is 7.81. The number of hydrogen-bond acceptors (Lipinski definition) is 2. The van der Waals surface area contributed by atoms with E-state index in [9.17, 15) is 0 Å². The predicted octanol–water partition coefficient (Wildman–Crippen LogP) is 4.12. The molecule has 0 fully saturated rings. The van der Waals surface area contributed by atoms with E-state index < -0.39 is 0 Å². The molecule has 2 aromatic rings. The highest BCUT2D eigenvalue weighted by Crippen LogP contribution is 2.23. The van der Waals surface area contributed by atoms with E-state index in [1.165, 1.54) is 5.56 Å². The third-order valence-corrected chi connectivity index (χ3v) is 3.35. The van der Waals surface area contributed by atoms with E-state index in [0.717, 1.165) is 10.4 Å². The number of hydrogen-bond donors (Lipinski definition) is 0. The highest BCUT2D eigenvalue weighted by molar-refractivity contribution is 7.11. The summed E-state index contributed by atoms with van der Waals surface area (Å²) in [4.78, 5) is 1.15. The summed E-state index contributed by atoms with van der Waals surface area (Å²) in [7, 11) is 0. The molecule has 0 saturated heterocycles. The van der Waals surface area contributed by atoms with Crippen molar-refractivity contribution in [2.24, 2.45) is 0 Å². The second-order valence-electron chi connectivity index (χ2n) is 3.50. The van der Waals surface area contributed by atoms with Crippen molar-refractivity contribution in [1.29, 1.82) is 5.26 Å². The number of aryl methyl sites for hydroxylation is 1. The van der Waals surface area contributed by atoms with Crippen LogP contribution in [0, 0.1) is 18.3 Å². The average Bonchev–Trinajstić information content (AvgIpc) is 2.73. The standard InChI is InChI=1S/C14H11NS/c1-11-7-8-16-14(11)9-13(10-15)12-5-3-2-4-6-12/h2-9H,1H3/b13-9+. The first kappa shape index (κ1) is 10.7. The average molecular weight is 225 g/mol. The Morgan fingerprint density at radius 3 is 2.56 bits per heavy atom. The predicted molar refractivity (Wildman–Crippen MR) is 69.0 cm³/mol. The maximum atomic E-state index is 9.16. The zero-order chi connectivity index (χ0) is 11.4. The molecule has 1 heterocycles. The van der Waals surface area contributed by atoms with Crippen LogP contribution >= 0.6 is 11.3 Å². The Morgan fingerprint density at radius 1 is 1.25 bits per heavy atom. The van der Waals surface area contributed by atoms with Gasteiger partial charge in [0.05, 0.1) is 11.6 Å². The van der Waals surface area contributed by atoms with E-state index in [-0.39, 0.29) is 0 Å². The Labute approximate surface area is 99.3 Å². The molecule has 0 spiro atoms. The van der Waals surface area contributed by atoms with E-state index in [4.69, 9.17) is 5.26 Å². The summed E-state index contributed by atoms with van der Waals surface area (Å²) in [6, 6.07) is 14.1. The second kappa shape index (κ2) is 4.78. The molecule has 0 atom stereocenters. The molecule has 0 saturated carbocycles. The summed E-state index contributed by atoms with van der Waals surface area (Å²) in [5, 5.41) is 11.2. The quantitative estimate of drug-likeness (QED) is 0.705. The molecular formula is C14H11NS. The van der Waals surface area contributed by atoms with Gasteiger partial charge < -0.3 is 0 Å². The number of benzene rings is 1. The number of nitrogens with zero attached hydrogens (tertiary/aromatic N) is 1. The van der Waals surface area contributed by atoms with Crippen LogP contribution in [-0.2, 0) is 0 Å². The summed E-state index contributed by atoms with van der Waals surface area (Å²) in [5.74, 6) is 0. The third-order valence-electron chi connectivity index (χ3n) is 2.38. The van der Waals surface area contributed by atoms with Crippen LogP contribution in [0.2, 0.25) is 0 Å². The summed E-state index contributed by atoms with van der Waals surface area (Å²) in [5.41, 5.74) is 2.90. The zero-order valence-electron chi connectivity index (χ0n) is 8.97. The van der Waals surface area contributed by atoms with Gasteiger partial charge >= 0.3 is 0 Å². The lowest BCUT2D eigenvalue weighted by Gasteiger charge is -1.98. The molecule has 0 aliphatic rings. The molecule has 0 amide bonds. The fourth-order valence-corrected chi connectivity index (χ4v) is 2.32. The topological polar surface area (TPSA) is 23.8 Å². The number of thiophene rings is 1. The molecule has 0 unspecified atom stereocenters. The van der Waals surface area contributed by atoms with E-state index in [1.54, 1.807) is 11.3 Å². The minimum Gasteiger partial charge on any atom is -0.192 e. The summed E-state index contributed by atoms with van der Waals surface area (Å²) < 4.78 is 0. The normalized spacial score (nSPS) is 11.1. The molecule has 1 aromatic carbocycles. The fraction of sp³-hybridized carbons (Fsp3) is 0.0714. The largest absolute Gasteiger partial charge is 0.192 e. The van der Waals surface area contributed by atoms with Gasteiger partial charge in [-0.15, -0.1) is 11.3 Å². The number of rotatable bonds is 2. The van der Waals surface area contributed by atoms with Crippen LogP contribution in [0.25, 0.3) is 11.6 Å². The molecule has 0 bridgehead atoms. The monoisotopic (exact) mass is 225 g/mol. The lowest BCUT2D eigenvalue weighted by Crippen LogP contribution is -1.80. The molecule has 16 heavy (non-hydrogen) atoms. The van der Waals surface area contributed by atoms with Crippen LogP contribution in [0.4, 0.5) is 0 Å². The smallest absolute Gasteiger partial charge is 0.0998 e. The summed E-state index contributed by atoms with van der Waals surface area (Å²) >= 11 is 1.66. The first-order valence-corrected chi connectivity index (χ1v) is 5.90. The Kier molecular flexibility index (Phi) is 3.19. The van der Waals surface area contributed by atoms with E-state index in [2.05, 4.69) is 19.1 Å². The highest BCUT2D eigenvalue weighted by atomic mass is 32.1. The Morgan fingerprint density at radius 2 is 2.00 bits per heavy atom. The maximum absolute atomic E-state index is 9.16. The molecule has 2 rings (SSSR count). The van der Waals surface area contributed by atoms with Gasteiger partial charge in [-0.3, -0.25) is 0 Å². The SMILES string of the molecule is Cc1ccsc1/C=C(\C#N)c1ccccc1. The maximum Gasteiger partial charge on any atom is 0.0998 e. The highest BCUT2D eigenvalue weighted by Gasteiger charge is 2.02. The van der Waals surface area contributed by atoms with E-state index in [0.29, 0.717) is 5.57 Å². The van der Waals surface area contributed by atoms with E-state index in [1.807, 2.05) is 41.8 Å². The molecule has 0 radical (unpaired) electrons. The van der Waals surface area contributed by atoms with Gasteiger partial charge in [-0.05, 0) is 35.6 Å². The lowest BCUT2D eigenvalue weighted by molar-refractivity contribution is 1.51. The third kappa shape index (κ3) is 2.21. The van der Waals surface area contributed by atoms with Gasteiger partial charge in [0.25, 0.3) is 0 Å². The summed E-state index contributed by atoms with van der Waals surface area (Å²) in [6.07, 6.45) is 1.95. The van der Waals surface area contributed by atoms with Crippen molar-refractivity contribution in [2.45, 2.75) is 6.92 Å². The molecule has 2 heteroatoms. The van der Waals surface area contributed by atoms with Crippen LogP contribution in [0.15, 0.2) is 41.8 Å². The summed E-state index contributed by atoms with van der Waals surface area (Å²) in [6.45, 7) is 2.06. The van der Waals surface area contributed by atoms with Crippen molar-refractivity contribution < 1.29 is 0 Å². The van der Waals surface area contributed by atoms with Crippen LogP contribution in [-0.4, -0.2) is 0 Å². The lowest BCUT2D eigenvalue weighted by atomic mass is 10.1. The van der Waals surface area contributed by atoms with Crippen molar-refractivity contribution in [3.63, 3.8) is 0 Å². The number of nitriles is 1. The van der Waals surface area contributed by atoms with Gasteiger partial charge in [0.2, 0.25) is 0 Å². The second-order valence-corrected chi connectivity index (χ2v) is 4.45. The van der Waals surface area contributed by atoms with Crippen LogP contribution in [0.1, 0.15) is 16.0 Å². The van der Waals surface area contributed by atoms with E-state index >= 15 is 0 Å². The molecule has 1 aromatic heterocycles. The van der Waals surface area contributed by atoms with Gasteiger partial charge in [0.15, 0.2) is 0 Å². The minimum atomic E-state index is 0.714. The van der Waals surface area contributed by atoms with Crippen molar-refractivity contribution in [2.75, 3.05) is 0 Å². The Balaban J connectivity index is 2.43. The van der Waals surface area contributed by atoms with Gasteiger partial charge in [-0.25, -0.2) is 0 Å². The Hall–Kier alpha value is -1.85. The van der Waals surface area contributed by atoms with Crippen LogP contribution < -0.4 is 0 Å². The molecule has 78 valence electrons. The van der Waals surface area contributed by atoms with Crippen molar-refractivity contribution in [1.82, 2.24) is 0 Å². The van der Waals surface area contributed by atoms with Crippen molar-refractivity contribution in [3.8, 4) is 6.07 Å².